The topological polar surface area (TPSA) is 35.2 Å². The lowest BCUT2D eigenvalue weighted by Crippen LogP contribution is -2.00. The van der Waals surface area contributed by atoms with Gasteiger partial charge in [0.15, 0.2) is 0 Å². The lowest BCUT2D eigenvalue weighted by Gasteiger charge is -2.11. The molecule has 1 atom stereocenters. The van der Waals surface area contributed by atoms with Crippen LogP contribution in [-0.2, 0) is 4.74 Å². The molecule has 0 radical (unpaired) electrons. The molecule has 1 rings (SSSR count). The summed E-state index contributed by atoms with van der Waals surface area (Å²) >= 11 is 0. The third kappa shape index (κ3) is 3.73. The molecule has 76 valence electrons. The van der Waals surface area contributed by atoms with Crippen molar-refractivity contribution in [1.29, 1.82) is 0 Å². The zero-order valence-electron chi connectivity index (χ0n) is 8.52. The highest BCUT2D eigenvalue weighted by Crippen LogP contribution is 2.15. The van der Waals surface area contributed by atoms with Gasteiger partial charge in [0.25, 0.3) is 0 Å². The van der Waals surface area contributed by atoms with Crippen molar-refractivity contribution < 1.29 is 4.74 Å². The van der Waals surface area contributed by atoms with E-state index in [0.717, 1.165) is 0 Å². The Morgan fingerprint density at radius 2 is 2.00 bits per heavy atom. The molecular formula is C12H17NO. The Morgan fingerprint density at radius 1 is 1.29 bits per heavy atom. The van der Waals surface area contributed by atoms with Gasteiger partial charge in [0, 0.05) is 6.54 Å². The molecular weight excluding hydrogens is 174 g/mol. The van der Waals surface area contributed by atoms with Crippen LogP contribution in [0.3, 0.4) is 0 Å². The molecule has 2 N–H and O–H groups in total. The van der Waals surface area contributed by atoms with Crippen LogP contribution < -0.4 is 5.73 Å². The second-order valence-corrected chi connectivity index (χ2v) is 3.09. The lowest BCUT2D eigenvalue weighted by molar-refractivity contribution is 0.0885. The average Bonchev–Trinajstić information content (AvgIpc) is 2.25. The molecule has 0 heterocycles. The van der Waals surface area contributed by atoms with Crippen LogP contribution in [0.5, 0.6) is 0 Å². The van der Waals surface area contributed by atoms with Crippen LogP contribution in [0.2, 0.25) is 0 Å². The fraction of sp³-hybridized carbons (Fsp3) is 0.333. The Kier molecular flexibility index (Phi) is 4.97. The van der Waals surface area contributed by atoms with E-state index in [0.29, 0.717) is 13.2 Å². The van der Waals surface area contributed by atoms with Gasteiger partial charge in [-0.2, -0.15) is 0 Å². The summed E-state index contributed by atoms with van der Waals surface area (Å²) in [4.78, 5) is 0. The molecule has 0 aliphatic heterocycles. The number of hydrogen-bond donors (Lipinski definition) is 1. The third-order valence-corrected chi connectivity index (χ3v) is 2.01. The number of ether oxygens (including phenoxy) is 1. The maximum absolute atomic E-state index is 5.59. The maximum Gasteiger partial charge on any atom is 0.0801 e. The Morgan fingerprint density at radius 3 is 2.64 bits per heavy atom. The SMILES string of the molecule is CC(OCC=CCN)c1ccccc1. The molecule has 0 aliphatic rings. The molecule has 0 amide bonds. The van der Waals surface area contributed by atoms with E-state index in [1.54, 1.807) is 0 Å². The molecule has 0 saturated heterocycles. The van der Waals surface area contributed by atoms with E-state index in [2.05, 4.69) is 12.1 Å². The molecule has 1 unspecified atom stereocenters. The molecule has 0 saturated carbocycles. The predicted octanol–water partition coefficient (Wildman–Crippen LogP) is 2.28. The maximum atomic E-state index is 5.59. The van der Waals surface area contributed by atoms with E-state index in [1.165, 1.54) is 5.56 Å². The van der Waals surface area contributed by atoms with Gasteiger partial charge in [-0.1, -0.05) is 42.5 Å². The average molecular weight is 191 g/mol. The minimum Gasteiger partial charge on any atom is -0.370 e. The molecule has 1 aromatic rings. The zero-order chi connectivity index (χ0) is 10.2. The quantitative estimate of drug-likeness (QED) is 0.725. The molecule has 2 heteroatoms. The fourth-order valence-corrected chi connectivity index (χ4v) is 1.18. The van der Waals surface area contributed by atoms with Gasteiger partial charge in [0.1, 0.15) is 0 Å². The van der Waals surface area contributed by atoms with E-state index < -0.39 is 0 Å². The van der Waals surface area contributed by atoms with E-state index >= 15 is 0 Å². The third-order valence-electron chi connectivity index (χ3n) is 2.01. The van der Waals surface area contributed by atoms with E-state index in [4.69, 9.17) is 10.5 Å². The Bertz CT molecular complexity index is 269. The van der Waals surface area contributed by atoms with Crippen molar-refractivity contribution >= 4 is 0 Å². The highest BCUT2D eigenvalue weighted by molar-refractivity contribution is 5.16. The van der Waals surface area contributed by atoms with Gasteiger partial charge in [0.2, 0.25) is 0 Å². The highest BCUT2D eigenvalue weighted by atomic mass is 16.5. The van der Waals surface area contributed by atoms with E-state index in [-0.39, 0.29) is 6.10 Å². The van der Waals surface area contributed by atoms with Crippen LogP contribution in [0, 0.1) is 0 Å². The zero-order valence-corrected chi connectivity index (χ0v) is 8.52. The fourth-order valence-electron chi connectivity index (χ4n) is 1.18. The van der Waals surface area contributed by atoms with Crippen molar-refractivity contribution in [1.82, 2.24) is 0 Å². The van der Waals surface area contributed by atoms with Crippen molar-refractivity contribution in [3.63, 3.8) is 0 Å². The Labute approximate surface area is 85.4 Å². The van der Waals surface area contributed by atoms with Crippen molar-refractivity contribution in [2.45, 2.75) is 13.0 Å². The first-order valence-corrected chi connectivity index (χ1v) is 4.86. The van der Waals surface area contributed by atoms with Crippen LogP contribution in [0.4, 0.5) is 0 Å². The van der Waals surface area contributed by atoms with Crippen molar-refractivity contribution in [3.05, 3.63) is 48.0 Å². The normalized spacial score (nSPS) is 13.3. The second kappa shape index (κ2) is 6.35. The number of hydrogen-bond acceptors (Lipinski definition) is 2. The second-order valence-electron chi connectivity index (χ2n) is 3.09. The van der Waals surface area contributed by atoms with Crippen LogP contribution in [-0.4, -0.2) is 13.2 Å². The van der Waals surface area contributed by atoms with Gasteiger partial charge >= 0.3 is 0 Å². The van der Waals surface area contributed by atoms with Crippen LogP contribution in [0.15, 0.2) is 42.5 Å². The smallest absolute Gasteiger partial charge is 0.0801 e. The highest BCUT2D eigenvalue weighted by Gasteiger charge is 2.02. The summed E-state index contributed by atoms with van der Waals surface area (Å²) in [5.74, 6) is 0. The monoisotopic (exact) mass is 191 g/mol. The Balaban J connectivity index is 2.36. The van der Waals surface area contributed by atoms with Gasteiger partial charge in [-0.25, -0.2) is 0 Å². The standard InChI is InChI=1S/C12H17NO/c1-11(14-10-6-5-9-13)12-7-3-2-4-8-12/h2-8,11H,9-10,13H2,1H3. The predicted molar refractivity (Wildman–Crippen MR) is 59.0 cm³/mol. The molecule has 2 nitrogen and oxygen atoms in total. The first-order chi connectivity index (χ1) is 6.84. The molecule has 0 bridgehead atoms. The van der Waals surface area contributed by atoms with E-state index in [1.807, 2.05) is 37.3 Å². The van der Waals surface area contributed by atoms with Crippen LogP contribution in [0.1, 0.15) is 18.6 Å². The van der Waals surface area contributed by atoms with Crippen molar-refractivity contribution in [2.24, 2.45) is 5.73 Å². The summed E-state index contributed by atoms with van der Waals surface area (Å²) in [6.07, 6.45) is 3.98. The summed E-state index contributed by atoms with van der Waals surface area (Å²) in [6, 6.07) is 10.2. The van der Waals surface area contributed by atoms with Gasteiger partial charge in [-0.05, 0) is 12.5 Å². The number of nitrogens with two attached hydrogens (primary N) is 1. The summed E-state index contributed by atoms with van der Waals surface area (Å²) in [7, 11) is 0. The molecule has 0 fully saturated rings. The minimum absolute atomic E-state index is 0.138. The van der Waals surface area contributed by atoms with Gasteiger partial charge in [0.05, 0.1) is 12.7 Å². The van der Waals surface area contributed by atoms with Crippen LogP contribution >= 0.6 is 0 Å². The number of rotatable bonds is 5. The molecule has 0 spiro atoms. The number of benzene rings is 1. The molecule has 1 aromatic carbocycles. The van der Waals surface area contributed by atoms with Crippen LogP contribution in [0.25, 0.3) is 0 Å². The van der Waals surface area contributed by atoms with Gasteiger partial charge in [-0.3, -0.25) is 0 Å². The Hall–Kier alpha value is -1.12. The van der Waals surface area contributed by atoms with E-state index in [9.17, 15) is 0 Å². The molecule has 14 heavy (non-hydrogen) atoms. The first kappa shape index (κ1) is 11.0. The van der Waals surface area contributed by atoms with Crippen molar-refractivity contribution in [2.75, 3.05) is 13.2 Å². The lowest BCUT2D eigenvalue weighted by atomic mass is 10.1. The van der Waals surface area contributed by atoms with Gasteiger partial charge < -0.3 is 10.5 Å². The van der Waals surface area contributed by atoms with Gasteiger partial charge in [-0.15, -0.1) is 0 Å². The molecule has 0 aromatic heterocycles. The first-order valence-electron chi connectivity index (χ1n) is 4.86. The summed E-state index contributed by atoms with van der Waals surface area (Å²) in [6.45, 7) is 3.24. The largest absolute Gasteiger partial charge is 0.370 e. The summed E-state index contributed by atoms with van der Waals surface area (Å²) in [5.41, 5.74) is 6.52. The summed E-state index contributed by atoms with van der Waals surface area (Å²) < 4.78 is 5.59. The molecule has 0 aliphatic carbocycles. The minimum atomic E-state index is 0.138. The van der Waals surface area contributed by atoms with Crippen molar-refractivity contribution in [3.8, 4) is 0 Å². The summed E-state index contributed by atoms with van der Waals surface area (Å²) in [5, 5.41) is 0.